The van der Waals surface area contributed by atoms with Crippen molar-refractivity contribution in [1.82, 2.24) is 0 Å². The third-order valence-corrected chi connectivity index (χ3v) is 1.07. The van der Waals surface area contributed by atoms with Crippen LogP contribution in [0.25, 0.3) is 0 Å². The first kappa shape index (κ1) is 8.14. The molecule has 0 bridgehead atoms. The van der Waals surface area contributed by atoms with Gasteiger partial charge in [-0.15, -0.1) is 0 Å². The second-order valence-electron chi connectivity index (χ2n) is 2.47. The van der Waals surface area contributed by atoms with E-state index in [1.807, 2.05) is 6.07 Å². The van der Waals surface area contributed by atoms with Gasteiger partial charge in [-0.1, -0.05) is 18.2 Å². The third kappa shape index (κ3) is 3.09. The van der Waals surface area contributed by atoms with Gasteiger partial charge < -0.3 is 9.84 Å². The molecule has 1 aromatic rings. The van der Waals surface area contributed by atoms with Crippen molar-refractivity contribution in [1.29, 1.82) is 0 Å². The summed E-state index contributed by atoms with van der Waals surface area (Å²) in [7, 11) is 5.20. The maximum absolute atomic E-state index is 9.03. The molecule has 1 unspecified atom stereocenters. The number of rotatable bonds is 2. The fraction of sp³-hybridized carbons (Fsp3) is 0.250. The molecule has 0 amide bonds. The second kappa shape index (κ2) is 2.97. The van der Waals surface area contributed by atoms with Crippen molar-refractivity contribution in [3.63, 3.8) is 0 Å². The van der Waals surface area contributed by atoms with Crippen LogP contribution >= 0.6 is 0 Å². The van der Waals surface area contributed by atoms with Crippen LogP contribution in [0.15, 0.2) is 30.3 Å². The summed E-state index contributed by atoms with van der Waals surface area (Å²) in [5, 5.41) is 9.03. The van der Waals surface area contributed by atoms with E-state index in [0.717, 1.165) is 0 Å². The highest BCUT2D eigenvalue weighted by atomic mass is 16.6. The Labute approximate surface area is 67.2 Å². The Bertz CT molecular complexity index is 215. The van der Waals surface area contributed by atoms with Gasteiger partial charge in [0.2, 0.25) is 0 Å². The fourth-order valence-electron chi connectivity index (χ4n) is 0.727. The Hall–Kier alpha value is -0.955. The van der Waals surface area contributed by atoms with Crippen LogP contribution in [0.2, 0.25) is 0 Å². The van der Waals surface area contributed by atoms with Gasteiger partial charge in [0.05, 0.1) is 0 Å². The fourth-order valence-corrected chi connectivity index (χ4v) is 0.727. The molecule has 0 spiro atoms. The zero-order valence-electron chi connectivity index (χ0n) is 6.32. The summed E-state index contributed by atoms with van der Waals surface area (Å²) in [4.78, 5) is 0. The van der Waals surface area contributed by atoms with E-state index < -0.39 is 5.69 Å². The average Bonchev–Trinajstić information content (AvgIpc) is 1.85. The zero-order chi connectivity index (χ0) is 8.32. The maximum atomic E-state index is 9.03. The van der Waals surface area contributed by atoms with Gasteiger partial charge in [-0.25, -0.2) is 0 Å². The van der Waals surface area contributed by atoms with E-state index in [1.54, 1.807) is 24.3 Å². The summed E-state index contributed by atoms with van der Waals surface area (Å²) >= 11 is 0. The van der Waals surface area contributed by atoms with Crippen LogP contribution in [0.1, 0.15) is 6.92 Å². The average molecular weight is 148 g/mol. The van der Waals surface area contributed by atoms with E-state index in [2.05, 4.69) is 0 Å². The predicted octanol–water partition coefficient (Wildman–Crippen LogP) is 0.900. The number of hydrogen-bond donors (Lipinski definition) is 1. The van der Waals surface area contributed by atoms with Crippen LogP contribution < -0.4 is 4.74 Å². The van der Waals surface area contributed by atoms with E-state index in [-0.39, 0.29) is 0 Å². The van der Waals surface area contributed by atoms with Gasteiger partial charge in [-0.3, -0.25) is 0 Å². The lowest BCUT2D eigenvalue weighted by Crippen LogP contribution is -2.31. The molecule has 2 radical (unpaired) electrons. The predicted molar refractivity (Wildman–Crippen MR) is 43.4 cm³/mol. The molecule has 0 fully saturated rings. The van der Waals surface area contributed by atoms with Crippen molar-refractivity contribution >= 4 is 7.85 Å². The first-order chi connectivity index (χ1) is 5.08. The van der Waals surface area contributed by atoms with Gasteiger partial charge in [0.15, 0.2) is 13.5 Å². The maximum Gasteiger partial charge on any atom is 0.172 e. The van der Waals surface area contributed by atoms with Crippen molar-refractivity contribution in [2.75, 3.05) is 0 Å². The monoisotopic (exact) mass is 148 g/mol. The van der Waals surface area contributed by atoms with Gasteiger partial charge in [0.25, 0.3) is 0 Å². The molecule has 1 atom stereocenters. The van der Waals surface area contributed by atoms with Gasteiger partial charge in [-0.05, 0) is 19.1 Å². The molecule has 0 aliphatic carbocycles. The molecule has 11 heavy (non-hydrogen) atoms. The third-order valence-electron chi connectivity index (χ3n) is 1.07. The molecule has 1 rings (SSSR count). The largest absolute Gasteiger partial charge is 0.473 e. The van der Waals surface area contributed by atoms with E-state index >= 15 is 0 Å². The van der Waals surface area contributed by atoms with Crippen molar-refractivity contribution in [2.45, 2.75) is 12.6 Å². The van der Waals surface area contributed by atoms with Gasteiger partial charge >= 0.3 is 0 Å². The number of para-hydroxylation sites is 1. The van der Waals surface area contributed by atoms with Crippen LogP contribution in [0.3, 0.4) is 0 Å². The number of benzene rings is 1. The lowest BCUT2D eigenvalue weighted by atomic mass is 9.97. The van der Waals surface area contributed by atoms with Gasteiger partial charge in [0, 0.05) is 0 Å². The Balaban J connectivity index is 2.66. The molecule has 0 heterocycles. The van der Waals surface area contributed by atoms with Crippen LogP contribution in [0, 0.1) is 0 Å². The molecule has 0 aliphatic rings. The van der Waals surface area contributed by atoms with E-state index in [9.17, 15) is 0 Å². The summed E-state index contributed by atoms with van der Waals surface area (Å²) in [6.45, 7) is 1.38. The summed E-state index contributed by atoms with van der Waals surface area (Å²) in [6.07, 6.45) is 0. The minimum Gasteiger partial charge on any atom is -0.473 e. The minimum absolute atomic E-state index is 0.556. The smallest absolute Gasteiger partial charge is 0.172 e. The lowest BCUT2D eigenvalue weighted by molar-refractivity contribution is -0.0448. The summed E-state index contributed by atoms with van der Waals surface area (Å²) in [6, 6.07) is 8.92. The molecule has 0 saturated carbocycles. The van der Waals surface area contributed by atoms with Crippen molar-refractivity contribution in [2.24, 2.45) is 0 Å². The Kier molecular flexibility index (Phi) is 2.20. The quantitative estimate of drug-likeness (QED) is 0.498. The van der Waals surface area contributed by atoms with Crippen LogP contribution in [-0.2, 0) is 0 Å². The molecule has 0 aliphatic heterocycles. The van der Waals surface area contributed by atoms with Gasteiger partial charge in [-0.2, -0.15) is 0 Å². The van der Waals surface area contributed by atoms with Crippen molar-refractivity contribution in [3.8, 4) is 5.75 Å². The standard InChI is InChI=1S/C8H9BO2/c1-8(9,10)11-7-5-3-2-4-6-7/h2-6,10H,1H3. The highest BCUT2D eigenvalue weighted by molar-refractivity contribution is 6.13. The normalized spacial score (nSPS) is 15.5. The molecule has 1 N–H and O–H groups in total. The van der Waals surface area contributed by atoms with E-state index in [1.165, 1.54) is 6.92 Å². The Morgan fingerprint density at radius 2 is 1.91 bits per heavy atom. The summed E-state index contributed by atoms with van der Waals surface area (Å²) in [5.41, 5.74) is -1.60. The molecule has 1 aromatic carbocycles. The Morgan fingerprint density at radius 1 is 1.36 bits per heavy atom. The molecule has 2 nitrogen and oxygen atoms in total. The van der Waals surface area contributed by atoms with E-state index in [0.29, 0.717) is 5.75 Å². The highest BCUT2D eigenvalue weighted by Gasteiger charge is 2.12. The summed E-state index contributed by atoms with van der Waals surface area (Å²) < 4.78 is 4.94. The molecular weight excluding hydrogens is 139 g/mol. The molecule has 3 heteroatoms. The lowest BCUT2D eigenvalue weighted by Gasteiger charge is -2.20. The molecule has 56 valence electrons. The number of ether oxygens (including phenoxy) is 1. The molecule has 0 aromatic heterocycles. The zero-order valence-corrected chi connectivity index (χ0v) is 6.32. The SMILES string of the molecule is [B]C(C)(O)Oc1ccccc1. The first-order valence-corrected chi connectivity index (χ1v) is 3.33. The molecule has 0 saturated heterocycles. The van der Waals surface area contributed by atoms with Crippen LogP contribution in [-0.4, -0.2) is 18.6 Å². The minimum atomic E-state index is -1.60. The number of hydrogen-bond acceptors (Lipinski definition) is 2. The van der Waals surface area contributed by atoms with Gasteiger partial charge in [0.1, 0.15) is 5.75 Å². The topological polar surface area (TPSA) is 29.5 Å². The number of aliphatic hydroxyl groups is 1. The van der Waals surface area contributed by atoms with Crippen LogP contribution in [0.5, 0.6) is 5.75 Å². The van der Waals surface area contributed by atoms with Crippen LogP contribution in [0.4, 0.5) is 0 Å². The van der Waals surface area contributed by atoms with E-state index in [4.69, 9.17) is 17.7 Å². The first-order valence-electron chi connectivity index (χ1n) is 3.33. The van der Waals surface area contributed by atoms with Crippen molar-refractivity contribution in [3.05, 3.63) is 30.3 Å². The second-order valence-corrected chi connectivity index (χ2v) is 2.47. The summed E-state index contributed by atoms with van der Waals surface area (Å²) in [5.74, 6) is 0.556. The molecular formula is C8H9BO2. The highest BCUT2D eigenvalue weighted by Crippen LogP contribution is 2.12. The van der Waals surface area contributed by atoms with Crippen molar-refractivity contribution < 1.29 is 9.84 Å². The Morgan fingerprint density at radius 3 is 2.36 bits per heavy atom.